The molecule has 0 aliphatic carbocycles. The Kier molecular flexibility index (Phi) is 4.93. The molecule has 1 heterocycles. The number of amides is 1. The summed E-state index contributed by atoms with van der Waals surface area (Å²) in [4.78, 5) is 14.4. The first-order chi connectivity index (χ1) is 9.22. The summed E-state index contributed by atoms with van der Waals surface area (Å²) in [6.45, 7) is 4.54. The highest BCUT2D eigenvalue weighted by Crippen LogP contribution is 2.14. The molecule has 0 aromatic heterocycles. The molecule has 2 N–H and O–H groups in total. The number of rotatable bonds is 4. The minimum atomic E-state index is 0.135. The van der Waals surface area contributed by atoms with Crippen LogP contribution in [0.5, 0.6) is 0 Å². The quantitative estimate of drug-likeness (QED) is 0.884. The second-order valence-electron chi connectivity index (χ2n) is 5.00. The summed E-state index contributed by atoms with van der Waals surface area (Å²) in [5, 5.41) is 0. The number of hydrogen-bond acceptors (Lipinski definition) is 3. The molecule has 0 saturated carbocycles. The number of ether oxygens (including phenoxy) is 1. The van der Waals surface area contributed by atoms with Gasteiger partial charge in [0.05, 0.1) is 25.7 Å². The van der Waals surface area contributed by atoms with E-state index in [0.717, 1.165) is 12.0 Å². The molecule has 4 nitrogen and oxygen atoms in total. The lowest BCUT2D eigenvalue weighted by Gasteiger charge is -2.35. The fourth-order valence-corrected chi connectivity index (χ4v) is 2.49. The van der Waals surface area contributed by atoms with Gasteiger partial charge >= 0.3 is 0 Å². The van der Waals surface area contributed by atoms with E-state index in [1.54, 1.807) is 0 Å². The van der Waals surface area contributed by atoms with E-state index in [4.69, 9.17) is 10.5 Å². The molecule has 1 aromatic carbocycles. The molecule has 1 aliphatic heterocycles. The van der Waals surface area contributed by atoms with Crippen LogP contribution in [0.3, 0.4) is 0 Å². The van der Waals surface area contributed by atoms with Crippen molar-refractivity contribution in [1.29, 1.82) is 0 Å². The Balaban J connectivity index is 2.03. The molecule has 1 aromatic rings. The largest absolute Gasteiger partial charge is 0.377 e. The van der Waals surface area contributed by atoms with Gasteiger partial charge < -0.3 is 15.4 Å². The first-order valence-electron chi connectivity index (χ1n) is 6.84. The molecule has 1 fully saturated rings. The van der Waals surface area contributed by atoms with Crippen LogP contribution in [0.25, 0.3) is 0 Å². The summed E-state index contributed by atoms with van der Waals surface area (Å²) in [7, 11) is 0. The summed E-state index contributed by atoms with van der Waals surface area (Å²) in [6, 6.07) is 8.17. The normalized spacial score (nSPS) is 19.5. The lowest BCUT2D eigenvalue weighted by molar-refractivity contribution is -0.139. The smallest absolute Gasteiger partial charge is 0.227 e. The number of nitrogens with zero attached hydrogens (tertiary/aromatic N) is 1. The van der Waals surface area contributed by atoms with E-state index in [0.29, 0.717) is 32.7 Å². The van der Waals surface area contributed by atoms with E-state index in [-0.39, 0.29) is 11.9 Å². The topological polar surface area (TPSA) is 55.6 Å². The number of nitrogens with two attached hydrogens (primary N) is 1. The standard InChI is InChI=1S/C15H22N2O2/c1-12-4-2-3-5-13(12)10-15(18)17-8-9-19-11-14(17)6-7-16/h2-5,14H,6-11,16H2,1H3. The number of benzene rings is 1. The van der Waals surface area contributed by atoms with Crippen LogP contribution in [0.1, 0.15) is 17.5 Å². The highest BCUT2D eigenvalue weighted by molar-refractivity contribution is 5.79. The van der Waals surface area contributed by atoms with E-state index < -0.39 is 0 Å². The van der Waals surface area contributed by atoms with Crippen LogP contribution in [0, 0.1) is 6.92 Å². The molecule has 1 unspecified atom stereocenters. The summed E-state index contributed by atoms with van der Waals surface area (Å²) in [6.07, 6.45) is 1.27. The van der Waals surface area contributed by atoms with Crippen molar-refractivity contribution in [1.82, 2.24) is 4.90 Å². The minimum Gasteiger partial charge on any atom is -0.377 e. The third-order valence-corrected chi connectivity index (χ3v) is 3.65. The average Bonchev–Trinajstić information content (AvgIpc) is 2.42. The monoisotopic (exact) mass is 262 g/mol. The van der Waals surface area contributed by atoms with Gasteiger partial charge in [-0.15, -0.1) is 0 Å². The van der Waals surface area contributed by atoms with Crippen LogP contribution < -0.4 is 5.73 Å². The van der Waals surface area contributed by atoms with E-state index >= 15 is 0 Å². The maximum Gasteiger partial charge on any atom is 0.227 e. The maximum atomic E-state index is 12.4. The van der Waals surface area contributed by atoms with E-state index in [1.807, 2.05) is 36.1 Å². The molecule has 0 bridgehead atoms. The first kappa shape index (κ1) is 14.0. The van der Waals surface area contributed by atoms with Gasteiger partial charge in [-0.05, 0) is 31.0 Å². The predicted octanol–water partition coefficient (Wildman–Crippen LogP) is 1.11. The number of aryl methyl sites for hydroxylation is 1. The Morgan fingerprint density at radius 2 is 2.26 bits per heavy atom. The van der Waals surface area contributed by atoms with Crippen molar-refractivity contribution in [3.63, 3.8) is 0 Å². The van der Waals surface area contributed by atoms with Gasteiger partial charge in [-0.25, -0.2) is 0 Å². The van der Waals surface area contributed by atoms with Crippen molar-refractivity contribution < 1.29 is 9.53 Å². The van der Waals surface area contributed by atoms with Crippen molar-refractivity contribution in [2.45, 2.75) is 25.8 Å². The maximum absolute atomic E-state index is 12.4. The Morgan fingerprint density at radius 1 is 1.47 bits per heavy atom. The second-order valence-corrected chi connectivity index (χ2v) is 5.00. The third kappa shape index (κ3) is 3.55. The van der Waals surface area contributed by atoms with Gasteiger partial charge in [-0.2, -0.15) is 0 Å². The zero-order chi connectivity index (χ0) is 13.7. The zero-order valence-corrected chi connectivity index (χ0v) is 11.5. The van der Waals surface area contributed by atoms with Gasteiger partial charge in [-0.1, -0.05) is 24.3 Å². The lowest BCUT2D eigenvalue weighted by Crippen LogP contribution is -2.50. The molecule has 0 radical (unpaired) electrons. The highest BCUT2D eigenvalue weighted by Gasteiger charge is 2.26. The second kappa shape index (κ2) is 6.68. The molecular formula is C15H22N2O2. The van der Waals surface area contributed by atoms with Crippen LogP contribution in [0.4, 0.5) is 0 Å². The van der Waals surface area contributed by atoms with Gasteiger partial charge in [0.15, 0.2) is 0 Å². The number of morpholine rings is 1. The molecule has 1 saturated heterocycles. The molecule has 19 heavy (non-hydrogen) atoms. The average molecular weight is 262 g/mol. The van der Waals surface area contributed by atoms with E-state index in [2.05, 4.69) is 0 Å². The lowest BCUT2D eigenvalue weighted by atomic mass is 10.0. The number of carbonyl (C=O) groups excluding carboxylic acids is 1. The van der Waals surface area contributed by atoms with Gasteiger partial charge in [0.25, 0.3) is 0 Å². The van der Waals surface area contributed by atoms with Crippen molar-refractivity contribution in [2.24, 2.45) is 5.73 Å². The molecule has 104 valence electrons. The van der Waals surface area contributed by atoms with Crippen molar-refractivity contribution in [2.75, 3.05) is 26.3 Å². The van der Waals surface area contributed by atoms with Gasteiger partial charge in [0.2, 0.25) is 5.91 Å². The summed E-state index contributed by atoms with van der Waals surface area (Å²) >= 11 is 0. The fraction of sp³-hybridized carbons (Fsp3) is 0.533. The van der Waals surface area contributed by atoms with Crippen LogP contribution in [-0.2, 0) is 16.0 Å². The molecular weight excluding hydrogens is 240 g/mol. The predicted molar refractivity (Wildman–Crippen MR) is 74.9 cm³/mol. The van der Waals surface area contributed by atoms with Gasteiger partial charge in [-0.3, -0.25) is 4.79 Å². The van der Waals surface area contributed by atoms with E-state index in [1.165, 1.54) is 5.56 Å². The van der Waals surface area contributed by atoms with E-state index in [9.17, 15) is 4.79 Å². The zero-order valence-electron chi connectivity index (χ0n) is 11.5. The molecule has 2 rings (SSSR count). The SMILES string of the molecule is Cc1ccccc1CC(=O)N1CCOCC1CCN. The number of carbonyl (C=O) groups is 1. The Hall–Kier alpha value is -1.39. The summed E-state index contributed by atoms with van der Waals surface area (Å²) in [5.41, 5.74) is 7.87. The Labute approximate surface area is 114 Å². The third-order valence-electron chi connectivity index (χ3n) is 3.65. The van der Waals surface area contributed by atoms with Crippen LogP contribution in [0.15, 0.2) is 24.3 Å². The molecule has 4 heteroatoms. The number of hydrogen-bond donors (Lipinski definition) is 1. The van der Waals surface area contributed by atoms with Gasteiger partial charge in [0, 0.05) is 6.54 Å². The Bertz CT molecular complexity index is 432. The Morgan fingerprint density at radius 3 is 3.00 bits per heavy atom. The summed E-state index contributed by atoms with van der Waals surface area (Å²) < 4.78 is 5.44. The van der Waals surface area contributed by atoms with Crippen molar-refractivity contribution in [3.8, 4) is 0 Å². The molecule has 1 aliphatic rings. The minimum absolute atomic E-state index is 0.135. The highest BCUT2D eigenvalue weighted by atomic mass is 16.5. The van der Waals surface area contributed by atoms with Crippen molar-refractivity contribution in [3.05, 3.63) is 35.4 Å². The summed E-state index contributed by atoms with van der Waals surface area (Å²) in [5.74, 6) is 0.177. The van der Waals surface area contributed by atoms with Gasteiger partial charge in [0.1, 0.15) is 0 Å². The molecule has 0 spiro atoms. The van der Waals surface area contributed by atoms with Crippen LogP contribution >= 0.6 is 0 Å². The van der Waals surface area contributed by atoms with Crippen LogP contribution in [-0.4, -0.2) is 43.2 Å². The molecule has 1 amide bonds. The fourth-order valence-electron chi connectivity index (χ4n) is 2.49. The van der Waals surface area contributed by atoms with Crippen molar-refractivity contribution >= 4 is 5.91 Å². The van der Waals surface area contributed by atoms with Crippen LogP contribution in [0.2, 0.25) is 0 Å². The first-order valence-corrected chi connectivity index (χ1v) is 6.84. The molecule has 1 atom stereocenters.